The van der Waals surface area contributed by atoms with E-state index in [-0.39, 0.29) is 36.2 Å². The third-order valence-electron chi connectivity index (χ3n) is 7.77. The molecule has 2 atom stereocenters. The first kappa shape index (κ1) is 25.6. The fourth-order valence-corrected chi connectivity index (χ4v) is 5.52. The number of nitrogens with zero attached hydrogens (tertiary/aromatic N) is 3. The molecule has 38 heavy (non-hydrogen) atoms. The Morgan fingerprint density at radius 2 is 1.92 bits per heavy atom. The van der Waals surface area contributed by atoms with Gasteiger partial charge in [-0.1, -0.05) is 24.3 Å². The van der Waals surface area contributed by atoms with Crippen LogP contribution in [-0.2, 0) is 11.2 Å². The van der Waals surface area contributed by atoms with Crippen molar-refractivity contribution in [3.63, 3.8) is 0 Å². The van der Waals surface area contributed by atoms with Crippen LogP contribution in [0.2, 0.25) is 0 Å². The third kappa shape index (κ3) is 4.66. The summed E-state index contributed by atoms with van der Waals surface area (Å²) in [6.45, 7) is 3.43. The predicted molar refractivity (Wildman–Crippen MR) is 143 cm³/mol. The Morgan fingerprint density at radius 1 is 1.11 bits per heavy atom. The molecule has 3 aromatic rings. The van der Waals surface area contributed by atoms with Gasteiger partial charge in [-0.15, -0.1) is 0 Å². The van der Waals surface area contributed by atoms with E-state index in [4.69, 9.17) is 9.15 Å². The lowest BCUT2D eigenvalue weighted by Crippen LogP contribution is -2.44. The van der Waals surface area contributed by atoms with Crippen molar-refractivity contribution in [2.45, 2.75) is 32.2 Å². The number of carbonyl (C=O) groups excluding carboxylic acids is 3. The Labute approximate surface area is 222 Å². The highest BCUT2D eigenvalue weighted by atomic mass is 16.5. The molecule has 3 heterocycles. The van der Waals surface area contributed by atoms with Gasteiger partial charge in [-0.25, -0.2) is 0 Å². The molecule has 1 aromatic heterocycles. The first-order chi connectivity index (χ1) is 18.4. The van der Waals surface area contributed by atoms with E-state index in [2.05, 4.69) is 4.90 Å². The van der Waals surface area contributed by atoms with Crippen molar-refractivity contribution < 1.29 is 23.5 Å². The fourth-order valence-electron chi connectivity index (χ4n) is 5.52. The average Bonchev–Trinajstić information content (AvgIpc) is 3.58. The van der Waals surface area contributed by atoms with Crippen LogP contribution < -0.4 is 9.64 Å². The van der Waals surface area contributed by atoms with Crippen molar-refractivity contribution >= 4 is 23.4 Å². The minimum Gasteiger partial charge on any atom is -0.496 e. The molecule has 0 bridgehead atoms. The summed E-state index contributed by atoms with van der Waals surface area (Å²) in [4.78, 5) is 45.4. The topological polar surface area (TPSA) is 83.3 Å². The number of furan rings is 1. The van der Waals surface area contributed by atoms with Crippen molar-refractivity contribution in [3.05, 3.63) is 83.3 Å². The van der Waals surface area contributed by atoms with Crippen LogP contribution in [0.5, 0.6) is 5.75 Å². The maximum absolute atomic E-state index is 13.6. The number of benzene rings is 2. The van der Waals surface area contributed by atoms with E-state index in [0.29, 0.717) is 24.1 Å². The molecule has 0 N–H and O–H groups in total. The lowest BCUT2D eigenvalue weighted by molar-refractivity contribution is -0.136. The smallest absolute Gasteiger partial charge is 0.263 e. The van der Waals surface area contributed by atoms with Crippen LogP contribution in [-0.4, -0.2) is 61.3 Å². The highest BCUT2D eigenvalue weighted by Crippen LogP contribution is 2.35. The molecular weight excluding hydrogens is 482 g/mol. The van der Waals surface area contributed by atoms with Crippen LogP contribution in [0.3, 0.4) is 0 Å². The van der Waals surface area contributed by atoms with Gasteiger partial charge in [0.15, 0.2) is 0 Å². The lowest BCUT2D eigenvalue weighted by atomic mass is 9.94. The first-order valence-corrected chi connectivity index (χ1v) is 13.1. The summed E-state index contributed by atoms with van der Waals surface area (Å²) in [5.41, 5.74) is 2.52. The van der Waals surface area contributed by atoms with Crippen molar-refractivity contribution in [2.24, 2.45) is 5.92 Å². The summed E-state index contributed by atoms with van der Waals surface area (Å²) in [6, 6.07) is 16.6. The van der Waals surface area contributed by atoms with Crippen LogP contribution in [0.25, 0.3) is 0 Å². The number of piperidine rings is 1. The Kier molecular flexibility index (Phi) is 7.22. The van der Waals surface area contributed by atoms with E-state index in [1.165, 1.54) is 4.90 Å². The predicted octanol–water partition coefficient (Wildman–Crippen LogP) is 4.56. The third-order valence-corrected chi connectivity index (χ3v) is 7.77. The summed E-state index contributed by atoms with van der Waals surface area (Å²) in [7, 11) is 3.41. The Hall–Kier alpha value is -4.07. The van der Waals surface area contributed by atoms with Gasteiger partial charge in [-0.3, -0.25) is 19.3 Å². The summed E-state index contributed by atoms with van der Waals surface area (Å²) >= 11 is 0. The molecule has 8 heteroatoms. The van der Waals surface area contributed by atoms with Gasteiger partial charge in [-0.2, -0.15) is 0 Å². The number of imide groups is 1. The van der Waals surface area contributed by atoms with E-state index in [1.54, 1.807) is 31.4 Å². The zero-order valence-electron chi connectivity index (χ0n) is 22.1. The van der Waals surface area contributed by atoms with Gasteiger partial charge in [0, 0.05) is 26.7 Å². The average molecular weight is 516 g/mol. The zero-order chi connectivity index (χ0) is 26.8. The molecule has 2 aliphatic heterocycles. The normalized spacial score (nSPS) is 17.9. The standard InChI is InChI=1S/C30H33N3O5/c1-20(25-14-8-18-38-25)31(2)28(34)22-10-7-16-32(19-22)24-12-6-11-23-27(24)30(36)33(29(23)35)17-15-21-9-4-5-13-26(21)37-3/h4-6,8-9,11-14,18,20,22H,7,10,15-17,19H2,1-3H3/t20-,22-/m1/s1. The maximum atomic E-state index is 13.6. The molecule has 0 saturated carbocycles. The minimum atomic E-state index is -0.285. The second-order valence-electron chi connectivity index (χ2n) is 9.95. The highest BCUT2D eigenvalue weighted by molar-refractivity contribution is 6.23. The lowest BCUT2D eigenvalue weighted by Gasteiger charge is -2.37. The van der Waals surface area contributed by atoms with Crippen LogP contribution in [0.1, 0.15) is 57.8 Å². The molecule has 1 saturated heterocycles. The number of fused-ring (bicyclic) bond motifs is 1. The van der Waals surface area contributed by atoms with Crippen LogP contribution >= 0.6 is 0 Å². The van der Waals surface area contributed by atoms with Crippen LogP contribution in [0.4, 0.5) is 5.69 Å². The number of methoxy groups -OCH3 is 1. The van der Waals surface area contributed by atoms with Gasteiger partial charge >= 0.3 is 0 Å². The van der Waals surface area contributed by atoms with Crippen molar-refractivity contribution in [1.29, 1.82) is 0 Å². The van der Waals surface area contributed by atoms with Gasteiger partial charge in [0.25, 0.3) is 11.8 Å². The van der Waals surface area contributed by atoms with Crippen molar-refractivity contribution in [1.82, 2.24) is 9.80 Å². The van der Waals surface area contributed by atoms with Gasteiger partial charge in [0.1, 0.15) is 11.5 Å². The minimum absolute atomic E-state index is 0.0482. The molecule has 0 spiro atoms. The first-order valence-electron chi connectivity index (χ1n) is 13.1. The summed E-state index contributed by atoms with van der Waals surface area (Å²) < 4.78 is 10.9. The van der Waals surface area contributed by atoms with Gasteiger partial charge in [0.2, 0.25) is 5.91 Å². The zero-order valence-corrected chi connectivity index (χ0v) is 22.1. The molecule has 3 amide bonds. The monoisotopic (exact) mass is 515 g/mol. The summed E-state index contributed by atoms with van der Waals surface area (Å²) in [6.07, 6.45) is 3.71. The molecule has 8 nitrogen and oxygen atoms in total. The Balaban J connectivity index is 1.32. The number of hydrogen-bond acceptors (Lipinski definition) is 6. The number of anilines is 1. The Bertz CT molecular complexity index is 1340. The molecule has 0 radical (unpaired) electrons. The van der Waals surface area contributed by atoms with E-state index in [0.717, 1.165) is 42.1 Å². The van der Waals surface area contributed by atoms with E-state index in [9.17, 15) is 14.4 Å². The second-order valence-corrected chi connectivity index (χ2v) is 9.95. The number of para-hydroxylation sites is 1. The number of carbonyl (C=O) groups is 3. The molecule has 198 valence electrons. The largest absolute Gasteiger partial charge is 0.496 e. The van der Waals surface area contributed by atoms with Crippen molar-refractivity contribution in [2.75, 3.05) is 38.7 Å². The molecule has 5 rings (SSSR count). The molecule has 2 aliphatic rings. The molecule has 2 aromatic carbocycles. The molecular formula is C30H33N3O5. The van der Waals surface area contributed by atoms with Crippen LogP contribution in [0, 0.1) is 5.92 Å². The number of ether oxygens (including phenoxy) is 1. The number of amides is 3. The SMILES string of the molecule is COc1ccccc1CCN1C(=O)c2cccc(N3CCC[C@@H](C(=O)N(C)[C@H](C)c4ccco4)C3)c2C1=O. The number of rotatable bonds is 8. The van der Waals surface area contributed by atoms with Gasteiger partial charge in [0.05, 0.1) is 42.1 Å². The van der Waals surface area contributed by atoms with Gasteiger partial charge < -0.3 is 19.0 Å². The van der Waals surface area contributed by atoms with E-state index >= 15 is 0 Å². The Morgan fingerprint density at radius 3 is 2.68 bits per heavy atom. The highest BCUT2D eigenvalue weighted by Gasteiger charge is 2.39. The second kappa shape index (κ2) is 10.7. The number of hydrogen-bond donors (Lipinski definition) is 0. The summed E-state index contributed by atoms with van der Waals surface area (Å²) in [5.74, 6) is 0.751. The molecule has 0 unspecified atom stereocenters. The van der Waals surface area contributed by atoms with Crippen molar-refractivity contribution in [3.8, 4) is 5.75 Å². The van der Waals surface area contributed by atoms with E-state index in [1.807, 2.05) is 55.5 Å². The van der Waals surface area contributed by atoms with Crippen LogP contribution in [0.15, 0.2) is 65.3 Å². The maximum Gasteiger partial charge on any atom is 0.263 e. The van der Waals surface area contributed by atoms with Gasteiger partial charge in [-0.05, 0) is 62.1 Å². The summed E-state index contributed by atoms with van der Waals surface area (Å²) in [5, 5.41) is 0. The molecule has 1 fully saturated rings. The quantitative estimate of drug-likeness (QED) is 0.409. The molecule has 0 aliphatic carbocycles. The van der Waals surface area contributed by atoms with E-state index < -0.39 is 0 Å². The fraction of sp³-hybridized carbons (Fsp3) is 0.367.